The maximum atomic E-state index is 12.3. The Morgan fingerprint density at radius 1 is 0.933 bits per heavy atom. The molecule has 0 fully saturated rings. The van der Waals surface area contributed by atoms with Crippen molar-refractivity contribution >= 4 is 5.97 Å². The lowest BCUT2D eigenvalue weighted by atomic mass is 9.94. The molecule has 5 nitrogen and oxygen atoms in total. The van der Waals surface area contributed by atoms with Gasteiger partial charge in [0.2, 0.25) is 0 Å². The quantitative estimate of drug-likeness (QED) is 0.398. The molecule has 0 aliphatic rings. The van der Waals surface area contributed by atoms with Crippen molar-refractivity contribution in [3.05, 3.63) is 97.1 Å². The zero-order valence-electron chi connectivity index (χ0n) is 17.4. The van der Waals surface area contributed by atoms with E-state index >= 15 is 0 Å². The molecule has 0 spiro atoms. The van der Waals surface area contributed by atoms with Crippen molar-refractivity contribution < 1.29 is 24.1 Å². The first kappa shape index (κ1) is 23.5. The van der Waals surface area contributed by atoms with Crippen LogP contribution in [0.1, 0.15) is 18.1 Å². The van der Waals surface area contributed by atoms with E-state index in [1.54, 1.807) is 13.0 Å². The Hall–Kier alpha value is -2.73. The molecule has 0 saturated carbocycles. The fourth-order valence-electron chi connectivity index (χ4n) is 3.04. The molecule has 0 aliphatic carbocycles. The molecule has 0 heterocycles. The SMILES string of the molecule is C=C[C@H](OCc1ccccc1)[C@@H](OCc1ccccc1)[C@H](O)[C@H](C=C)C(=O)OCC. The van der Waals surface area contributed by atoms with Crippen molar-refractivity contribution in [1.29, 1.82) is 0 Å². The van der Waals surface area contributed by atoms with Crippen LogP contribution in [0.25, 0.3) is 0 Å². The highest BCUT2D eigenvalue weighted by atomic mass is 16.6. The Labute approximate surface area is 178 Å². The van der Waals surface area contributed by atoms with Gasteiger partial charge in [-0.2, -0.15) is 0 Å². The van der Waals surface area contributed by atoms with Gasteiger partial charge in [0, 0.05) is 0 Å². The summed E-state index contributed by atoms with van der Waals surface area (Å²) in [5, 5.41) is 11.0. The number of hydrogen-bond acceptors (Lipinski definition) is 5. The van der Waals surface area contributed by atoms with Gasteiger partial charge >= 0.3 is 5.97 Å². The summed E-state index contributed by atoms with van der Waals surface area (Å²) in [4.78, 5) is 12.3. The third-order valence-electron chi connectivity index (χ3n) is 4.64. The zero-order chi connectivity index (χ0) is 21.8. The lowest BCUT2D eigenvalue weighted by Crippen LogP contribution is -2.46. The molecule has 2 aromatic carbocycles. The number of benzene rings is 2. The number of hydrogen-bond donors (Lipinski definition) is 1. The third kappa shape index (κ3) is 6.95. The second kappa shape index (κ2) is 12.8. The first-order valence-corrected chi connectivity index (χ1v) is 10.0. The van der Waals surface area contributed by atoms with Crippen molar-refractivity contribution in [2.75, 3.05) is 6.61 Å². The van der Waals surface area contributed by atoms with Gasteiger partial charge in [0.15, 0.2) is 0 Å². The van der Waals surface area contributed by atoms with Crippen LogP contribution in [0, 0.1) is 5.92 Å². The van der Waals surface area contributed by atoms with Gasteiger partial charge in [-0.1, -0.05) is 72.8 Å². The molecule has 4 atom stereocenters. The van der Waals surface area contributed by atoms with E-state index in [0.717, 1.165) is 11.1 Å². The van der Waals surface area contributed by atoms with E-state index in [1.807, 2.05) is 60.7 Å². The summed E-state index contributed by atoms with van der Waals surface area (Å²) in [6.45, 7) is 10.00. The Morgan fingerprint density at radius 3 is 1.93 bits per heavy atom. The average molecular weight is 411 g/mol. The van der Waals surface area contributed by atoms with Gasteiger partial charge in [0.1, 0.15) is 18.1 Å². The van der Waals surface area contributed by atoms with Crippen molar-refractivity contribution in [3.8, 4) is 0 Å². The van der Waals surface area contributed by atoms with E-state index in [0.29, 0.717) is 6.61 Å². The molecular formula is C25H30O5. The van der Waals surface area contributed by atoms with Gasteiger partial charge in [0.05, 0.1) is 25.9 Å². The fourth-order valence-corrected chi connectivity index (χ4v) is 3.04. The number of carbonyl (C=O) groups excluding carboxylic acids is 1. The fraction of sp³-hybridized carbons (Fsp3) is 0.320. The minimum atomic E-state index is -1.22. The third-order valence-corrected chi connectivity index (χ3v) is 4.64. The molecule has 5 heteroatoms. The predicted molar refractivity (Wildman–Crippen MR) is 117 cm³/mol. The minimum Gasteiger partial charge on any atom is -0.465 e. The smallest absolute Gasteiger partial charge is 0.315 e. The lowest BCUT2D eigenvalue weighted by Gasteiger charge is -2.32. The van der Waals surface area contributed by atoms with Crippen LogP contribution in [0.3, 0.4) is 0 Å². The molecule has 30 heavy (non-hydrogen) atoms. The second-order valence-electron chi connectivity index (χ2n) is 6.76. The highest BCUT2D eigenvalue weighted by molar-refractivity contribution is 5.75. The molecule has 0 saturated heterocycles. The van der Waals surface area contributed by atoms with Gasteiger partial charge in [-0.25, -0.2) is 0 Å². The molecule has 0 radical (unpaired) electrons. The summed E-state index contributed by atoms with van der Waals surface area (Å²) < 4.78 is 17.1. The van der Waals surface area contributed by atoms with Crippen molar-refractivity contribution in [2.45, 2.75) is 38.4 Å². The summed E-state index contributed by atoms with van der Waals surface area (Å²) >= 11 is 0. The van der Waals surface area contributed by atoms with Gasteiger partial charge in [0.25, 0.3) is 0 Å². The Kier molecular flexibility index (Phi) is 10.0. The summed E-state index contributed by atoms with van der Waals surface area (Å²) in [6, 6.07) is 19.3. The predicted octanol–water partition coefficient (Wildman–Crippen LogP) is 4.07. The van der Waals surface area contributed by atoms with Crippen molar-refractivity contribution in [2.24, 2.45) is 5.92 Å². The number of ether oxygens (including phenoxy) is 3. The molecule has 160 valence electrons. The Morgan fingerprint density at radius 2 is 1.47 bits per heavy atom. The largest absolute Gasteiger partial charge is 0.465 e. The van der Waals surface area contributed by atoms with Crippen LogP contribution in [0.2, 0.25) is 0 Å². The van der Waals surface area contributed by atoms with Crippen molar-refractivity contribution in [3.63, 3.8) is 0 Å². The normalized spacial score (nSPS) is 14.9. The van der Waals surface area contributed by atoms with E-state index in [2.05, 4.69) is 13.2 Å². The molecular weight excluding hydrogens is 380 g/mol. The Balaban J connectivity index is 2.19. The van der Waals surface area contributed by atoms with Crippen LogP contribution in [0.5, 0.6) is 0 Å². The first-order chi connectivity index (χ1) is 14.6. The molecule has 0 unspecified atom stereocenters. The number of esters is 1. The van der Waals surface area contributed by atoms with Gasteiger partial charge in [-0.05, 0) is 18.1 Å². The van der Waals surface area contributed by atoms with Crippen LogP contribution in [-0.4, -0.2) is 36.0 Å². The topological polar surface area (TPSA) is 65.0 Å². The Bertz CT molecular complexity index is 775. The molecule has 0 amide bonds. The molecule has 2 rings (SSSR count). The van der Waals surface area contributed by atoms with E-state index in [1.165, 1.54) is 6.08 Å². The van der Waals surface area contributed by atoms with Crippen molar-refractivity contribution in [1.82, 2.24) is 0 Å². The van der Waals surface area contributed by atoms with Gasteiger partial charge < -0.3 is 19.3 Å². The maximum Gasteiger partial charge on any atom is 0.315 e. The summed E-state index contributed by atoms with van der Waals surface area (Å²) in [5.41, 5.74) is 1.91. The number of aliphatic hydroxyl groups excluding tert-OH is 1. The van der Waals surface area contributed by atoms with Crippen LogP contribution in [0.4, 0.5) is 0 Å². The van der Waals surface area contributed by atoms with E-state index < -0.39 is 30.2 Å². The summed E-state index contributed by atoms with van der Waals surface area (Å²) in [5.74, 6) is -1.51. The average Bonchev–Trinajstić information content (AvgIpc) is 2.78. The van der Waals surface area contributed by atoms with Gasteiger partial charge in [-0.3, -0.25) is 4.79 Å². The summed E-state index contributed by atoms with van der Waals surface area (Å²) in [6.07, 6.45) is 0.232. The highest BCUT2D eigenvalue weighted by Crippen LogP contribution is 2.22. The molecule has 0 aliphatic heterocycles. The monoisotopic (exact) mass is 410 g/mol. The van der Waals surface area contributed by atoms with Crippen LogP contribution < -0.4 is 0 Å². The lowest BCUT2D eigenvalue weighted by molar-refractivity contribution is -0.161. The molecule has 0 bridgehead atoms. The van der Waals surface area contributed by atoms with E-state index in [-0.39, 0.29) is 13.2 Å². The minimum absolute atomic E-state index is 0.209. The number of rotatable bonds is 13. The standard InChI is InChI=1S/C25H30O5/c1-4-21(25(27)28-6-3)23(26)24(30-18-20-15-11-8-12-16-20)22(5-2)29-17-19-13-9-7-10-14-19/h4-5,7-16,21-24,26H,1-2,6,17-18H2,3H3/t21-,22-,23+,24+/m0/s1. The van der Waals surface area contributed by atoms with Crippen LogP contribution in [-0.2, 0) is 32.2 Å². The van der Waals surface area contributed by atoms with Crippen LogP contribution >= 0.6 is 0 Å². The maximum absolute atomic E-state index is 12.3. The van der Waals surface area contributed by atoms with E-state index in [9.17, 15) is 9.90 Å². The molecule has 2 aromatic rings. The molecule has 1 N–H and O–H groups in total. The second-order valence-corrected chi connectivity index (χ2v) is 6.76. The highest BCUT2D eigenvalue weighted by Gasteiger charge is 2.37. The number of carbonyl (C=O) groups is 1. The molecule has 0 aromatic heterocycles. The summed E-state index contributed by atoms with van der Waals surface area (Å²) in [7, 11) is 0. The van der Waals surface area contributed by atoms with E-state index in [4.69, 9.17) is 14.2 Å². The number of aliphatic hydroxyl groups is 1. The van der Waals surface area contributed by atoms with Gasteiger partial charge in [-0.15, -0.1) is 13.2 Å². The first-order valence-electron chi connectivity index (χ1n) is 10.0. The van der Waals surface area contributed by atoms with Crippen LogP contribution in [0.15, 0.2) is 86.0 Å². The zero-order valence-corrected chi connectivity index (χ0v) is 17.4.